The lowest BCUT2D eigenvalue weighted by molar-refractivity contribution is 0.223. The molecule has 5 nitrogen and oxygen atoms in total. The molecule has 116 valence electrons. The highest BCUT2D eigenvalue weighted by atomic mass is 16.5. The number of nitrogens with one attached hydrogen (secondary N) is 1. The summed E-state index contributed by atoms with van der Waals surface area (Å²) in [5.74, 6) is 1.04. The van der Waals surface area contributed by atoms with E-state index in [0.717, 1.165) is 24.9 Å². The summed E-state index contributed by atoms with van der Waals surface area (Å²) in [6.45, 7) is 7.86. The van der Waals surface area contributed by atoms with Crippen molar-refractivity contribution in [2.75, 3.05) is 19.7 Å². The molecule has 0 bridgehead atoms. The van der Waals surface area contributed by atoms with Gasteiger partial charge in [0, 0.05) is 18.0 Å². The molecule has 1 aromatic heterocycles. The van der Waals surface area contributed by atoms with Crippen LogP contribution >= 0.6 is 0 Å². The summed E-state index contributed by atoms with van der Waals surface area (Å²) < 4.78 is 16.5. The molecule has 2 heterocycles. The van der Waals surface area contributed by atoms with Crippen LogP contribution < -0.4 is 15.7 Å². The molecule has 1 aliphatic rings. The standard InChI is InChI=1S/C17H19NO4/c1-3-20-11(2)15-8-12-4-5-13(9-16(12)22-17(15)19)21-14-6-7-18-10-14/h4-5,8-9,14,18H,2-3,6-7,10H2,1H3. The number of rotatable bonds is 5. The molecule has 1 aliphatic heterocycles. The molecule has 0 radical (unpaired) electrons. The molecule has 3 rings (SSSR count). The molecular weight excluding hydrogens is 282 g/mol. The average Bonchev–Trinajstić information content (AvgIpc) is 2.99. The van der Waals surface area contributed by atoms with Crippen LogP contribution in [0.1, 0.15) is 18.9 Å². The molecule has 22 heavy (non-hydrogen) atoms. The number of hydrogen-bond acceptors (Lipinski definition) is 5. The predicted molar refractivity (Wildman–Crippen MR) is 85.0 cm³/mol. The second-order valence-electron chi connectivity index (χ2n) is 5.24. The minimum Gasteiger partial charge on any atom is -0.494 e. The van der Waals surface area contributed by atoms with E-state index in [1.54, 1.807) is 12.1 Å². The summed E-state index contributed by atoms with van der Waals surface area (Å²) in [6, 6.07) is 7.24. The molecule has 0 aliphatic carbocycles. The Kier molecular flexibility index (Phi) is 4.15. The molecule has 1 saturated heterocycles. The number of fused-ring (bicyclic) bond motifs is 1. The highest BCUT2D eigenvalue weighted by Crippen LogP contribution is 2.24. The van der Waals surface area contributed by atoms with Gasteiger partial charge in [0.25, 0.3) is 0 Å². The summed E-state index contributed by atoms with van der Waals surface area (Å²) in [4.78, 5) is 12.0. The lowest BCUT2D eigenvalue weighted by Crippen LogP contribution is -2.19. The highest BCUT2D eigenvalue weighted by molar-refractivity contribution is 5.80. The summed E-state index contributed by atoms with van der Waals surface area (Å²) in [6.07, 6.45) is 1.15. The van der Waals surface area contributed by atoms with Gasteiger partial charge in [-0.3, -0.25) is 0 Å². The molecule has 1 fully saturated rings. The van der Waals surface area contributed by atoms with Crippen molar-refractivity contribution >= 4 is 16.7 Å². The van der Waals surface area contributed by atoms with E-state index in [1.807, 2.05) is 19.1 Å². The second-order valence-corrected chi connectivity index (χ2v) is 5.24. The van der Waals surface area contributed by atoms with Gasteiger partial charge in [0.05, 0.1) is 6.61 Å². The van der Waals surface area contributed by atoms with Crippen molar-refractivity contribution in [1.29, 1.82) is 0 Å². The lowest BCUT2D eigenvalue weighted by atomic mass is 10.1. The van der Waals surface area contributed by atoms with Crippen LogP contribution in [0.2, 0.25) is 0 Å². The lowest BCUT2D eigenvalue weighted by Gasteiger charge is -2.13. The Morgan fingerprint density at radius 1 is 1.45 bits per heavy atom. The summed E-state index contributed by atoms with van der Waals surface area (Å²) >= 11 is 0. The number of benzene rings is 1. The zero-order chi connectivity index (χ0) is 15.5. The maximum Gasteiger partial charge on any atom is 0.347 e. The van der Waals surface area contributed by atoms with E-state index in [9.17, 15) is 4.79 Å². The van der Waals surface area contributed by atoms with Crippen molar-refractivity contribution in [3.05, 3.63) is 46.8 Å². The van der Waals surface area contributed by atoms with Crippen LogP contribution in [0.25, 0.3) is 16.7 Å². The molecule has 1 unspecified atom stereocenters. The fraction of sp³-hybridized carbons (Fsp3) is 0.353. The zero-order valence-corrected chi connectivity index (χ0v) is 12.6. The summed E-state index contributed by atoms with van der Waals surface area (Å²) in [5, 5.41) is 4.06. The largest absolute Gasteiger partial charge is 0.494 e. The molecule has 2 aromatic rings. The van der Waals surface area contributed by atoms with Crippen molar-refractivity contribution in [2.24, 2.45) is 0 Å². The van der Waals surface area contributed by atoms with Crippen LogP contribution in [-0.4, -0.2) is 25.8 Å². The van der Waals surface area contributed by atoms with E-state index >= 15 is 0 Å². The SMILES string of the molecule is C=C(OCC)c1cc2ccc(OC3CCNC3)cc2oc1=O. The van der Waals surface area contributed by atoms with Gasteiger partial charge in [-0.1, -0.05) is 6.58 Å². The van der Waals surface area contributed by atoms with Crippen LogP contribution in [-0.2, 0) is 4.74 Å². The molecule has 0 amide bonds. The Hall–Kier alpha value is -2.27. The van der Waals surface area contributed by atoms with Crippen LogP contribution in [0.15, 0.2) is 40.1 Å². The van der Waals surface area contributed by atoms with Gasteiger partial charge in [0.2, 0.25) is 0 Å². The van der Waals surface area contributed by atoms with Gasteiger partial charge < -0.3 is 19.2 Å². The fourth-order valence-electron chi connectivity index (χ4n) is 2.53. The van der Waals surface area contributed by atoms with Gasteiger partial charge >= 0.3 is 5.63 Å². The Morgan fingerprint density at radius 3 is 3.05 bits per heavy atom. The van der Waals surface area contributed by atoms with Gasteiger partial charge in [-0.2, -0.15) is 0 Å². The van der Waals surface area contributed by atoms with Gasteiger partial charge in [-0.25, -0.2) is 4.79 Å². The Morgan fingerprint density at radius 2 is 2.32 bits per heavy atom. The Balaban J connectivity index is 1.91. The maximum atomic E-state index is 12.0. The third-order valence-corrected chi connectivity index (χ3v) is 3.64. The van der Waals surface area contributed by atoms with Crippen molar-refractivity contribution in [3.8, 4) is 5.75 Å². The third kappa shape index (κ3) is 2.99. The van der Waals surface area contributed by atoms with Crippen LogP contribution in [0.4, 0.5) is 0 Å². The van der Waals surface area contributed by atoms with Crippen molar-refractivity contribution in [2.45, 2.75) is 19.4 Å². The van der Waals surface area contributed by atoms with E-state index in [-0.39, 0.29) is 6.10 Å². The van der Waals surface area contributed by atoms with Crippen LogP contribution in [0.3, 0.4) is 0 Å². The molecule has 1 aromatic carbocycles. The minimum atomic E-state index is -0.453. The van der Waals surface area contributed by atoms with Gasteiger partial charge in [0.15, 0.2) is 0 Å². The van der Waals surface area contributed by atoms with E-state index in [2.05, 4.69) is 11.9 Å². The molecule has 0 spiro atoms. The topological polar surface area (TPSA) is 60.7 Å². The van der Waals surface area contributed by atoms with Crippen molar-refractivity contribution in [3.63, 3.8) is 0 Å². The first-order chi connectivity index (χ1) is 10.7. The van der Waals surface area contributed by atoms with Crippen molar-refractivity contribution in [1.82, 2.24) is 5.32 Å². The monoisotopic (exact) mass is 301 g/mol. The van der Waals surface area contributed by atoms with Crippen LogP contribution in [0.5, 0.6) is 5.75 Å². The molecule has 0 saturated carbocycles. The zero-order valence-electron chi connectivity index (χ0n) is 12.6. The number of hydrogen-bond donors (Lipinski definition) is 1. The normalized spacial score (nSPS) is 17.6. The average molecular weight is 301 g/mol. The Bertz CT molecular complexity index is 744. The van der Waals surface area contributed by atoms with Gasteiger partial charge in [-0.05, 0) is 38.1 Å². The summed E-state index contributed by atoms with van der Waals surface area (Å²) in [7, 11) is 0. The van der Waals surface area contributed by atoms with E-state index in [4.69, 9.17) is 13.9 Å². The first-order valence-electron chi connectivity index (χ1n) is 7.44. The highest BCUT2D eigenvalue weighted by Gasteiger charge is 2.16. The molecule has 1 N–H and O–H groups in total. The molecular formula is C17H19NO4. The third-order valence-electron chi connectivity index (χ3n) is 3.64. The quantitative estimate of drug-likeness (QED) is 0.679. The molecule has 1 atom stereocenters. The van der Waals surface area contributed by atoms with Crippen molar-refractivity contribution < 1.29 is 13.9 Å². The summed E-state index contributed by atoms with van der Waals surface area (Å²) in [5.41, 5.74) is 0.398. The van der Waals surface area contributed by atoms with E-state index < -0.39 is 5.63 Å². The first kappa shape index (κ1) is 14.7. The van der Waals surface area contributed by atoms with Gasteiger partial charge in [0.1, 0.15) is 28.8 Å². The smallest absolute Gasteiger partial charge is 0.347 e. The second kappa shape index (κ2) is 6.23. The first-order valence-corrected chi connectivity index (χ1v) is 7.44. The fourth-order valence-corrected chi connectivity index (χ4v) is 2.53. The predicted octanol–water partition coefficient (Wildman–Crippen LogP) is 2.54. The Labute approximate surface area is 128 Å². The van der Waals surface area contributed by atoms with E-state index in [1.165, 1.54) is 0 Å². The molecule has 5 heteroatoms. The van der Waals surface area contributed by atoms with E-state index in [0.29, 0.717) is 29.3 Å². The minimum absolute atomic E-state index is 0.168. The number of ether oxygens (including phenoxy) is 2. The maximum absolute atomic E-state index is 12.0. The van der Waals surface area contributed by atoms with Gasteiger partial charge in [-0.15, -0.1) is 0 Å². The van der Waals surface area contributed by atoms with Crippen LogP contribution in [0, 0.1) is 0 Å².